The maximum atomic E-state index is 14.0. The topological polar surface area (TPSA) is 61.0 Å². The number of aromatic nitrogens is 2. The minimum Gasteiger partial charge on any atom is -0.383 e. The number of hydrogen-bond acceptors (Lipinski definition) is 4. The van der Waals surface area contributed by atoms with Crippen LogP contribution in [0.2, 0.25) is 5.02 Å². The van der Waals surface area contributed by atoms with Crippen LogP contribution in [-0.2, 0) is 11.3 Å². The van der Waals surface area contributed by atoms with Gasteiger partial charge in [0.1, 0.15) is 5.82 Å². The van der Waals surface area contributed by atoms with E-state index in [0.717, 1.165) is 0 Å². The Bertz CT molecular complexity index is 624. The van der Waals surface area contributed by atoms with Crippen molar-refractivity contribution >= 4 is 40.0 Å². The van der Waals surface area contributed by atoms with Crippen LogP contribution < -0.4 is 5.73 Å². The Hall–Kier alpha value is -0.990. The third kappa shape index (κ3) is 2.96. The molecule has 1 aromatic carbocycles. The molecule has 0 bridgehead atoms. The van der Waals surface area contributed by atoms with Gasteiger partial charge >= 0.3 is 0 Å². The van der Waals surface area contributed by atoms with E-state index < -0.39 is 5.82 Å². The summed E-state index contributed by atoms with van der Waals surface area (Å²) in [5, 5.41) is 0.0199. The summed E-state index contributed by atoms with van der Waals surface area (Å²) in [6.07, 6.45) is 0. The van der Waals surface area contributed by atoms with Crippen molar-refractivity contribution in [2.24, 2.45) is 0 Å². The lowest BCUT2D eigenvalue weighted by atomic mass is 10.2. The lowest BCUT2D eigenvalue weighted by Crippen LogP contribution is -2.06. The van der Waals surface area contributed by atoms with E-state index in [1.807, 2.05) is 22.6 Å². The summed E-state index contributed by atoms with van der Waals surface area (Å²) < 4.78 is 19.7. The van der Waals surface area contributed by atoms with Gasteiger partial charge in [0.2, 0.25) is 0 Å². The first-order valence-corrected chi connectivity index (χ1v) is 6.75. The molecule has 1 aromatic heterocycles. The second kappa shape index (κ2) is 5.98. The van der Waals surface area contributed by atoms with Crippen molar-refractivity contribution in [1.29, 1.82) is 0 Å². The molecule has 0 unspecified atom stereocenters. The molecule has 19 heavy (non-hydrogen) atoms. The lowest BCUT2D eigenvalue weighted by Gasteiger charge is -2.09. The summed E-state index contributed by atoms with van der Waals surface area (Å²) in [6.45, 7) is 0.278. The molecule has 0 spiro atoms. The monoisotopic (exact) mass is 393 g/mol. The number of ether oxygens (including phenoxy) is 1. The number of halogens is 3. The number of hydrogen-bond donors (Lipinski definition) is 1. The highest BCUT2D eigenvalue weighted by atomic mass is 127. The average molecular weight is 394 g/mol. The highest BCUT2D eigenvalue weighted by Crippen LogP contribution is 2.27. The molecule has 100 valence electrons. The van der Waals surface area contributed by atoms with Crippen molar-refractivity contribution < 1.29 is 9.13 Å². The van der Waals surface area contributed by atoms with Crippen molar-refractivity contribution in [3.8, 4) is 11.4 Å². The molecule has 0 fully saturated rings. The first kappa shape index (κ1) is 14.4. The molecule has 2 aromatic rings. The third-order valence-electron chi connectivity index (χ3n) is 2.42. The van der Waals surface area contributed by atoms with Crippen LogP contribution in [0.5, 0.6) is 0 Å². The number of rotatable bonds is 3. The number of methoxy groups -OCH3 is 1. The zero-order valence-corrected chi connectivity index (χ0v) is 12.9. The quantitative estimate of drug-likeness (QED) is 0.813. The summed E-state index contributed by atoms with van der Waals surface area (Å²) in [7, 11) is 1.55. The van der Waals surface area contributed by atoms with Crippen LogP contribution in [-0.4, -0.2) is 17.1 Å². The molecule has 0 amide bonds. The molecule has 0 saturated heterocycles. The Labute approximate surface area is 128 Å². The first-order valence-electron chi connectivity index (χ1n) is 5.29. The SMILES string of the molecule is COCc1nc(-c2cccc(Cl)c2F)nc(N)c1I. The van der Waals surface area contributed by atoms with Gasteiger partial charge in [-0.05, 0) is 34.7 Å². The fraction of sp³-hybridized carbons (Fsp3) is 0.167. The van der Waals surface area contributed by atoms with E-state index in [1.165, 1.54) is 6.07 Å². The highest BCUT2D eigenvalue weighted by molar-refractivity contribution is 14.1. The Morgan fingerprint density at radius 2 is 2.16 bits per heavy atom. The van der Waals surface area contributed by atoms with Gasteiger partial charge in [-0.15, -0.1) is 0 Å². The molecular weight excluding hydrogens is 384 g/mol. The Kier molecular flexibility index (Phi) is 4.54. The van der Waals surface area contributed by atoms with Crippen LogP contribution in [0.3, 0.4) is 0 Å². The molecule has 0 aliphatic heterocycles. The van der Waals surface area contributed by atoms with E-state index in [4.69, 9.17) is 22.1 Å². The molecule has 0 saturated carbocycles. The summed E-state index contributed by atoms with van der Waals surface area (Å²) in [4.78, 5) is 8.37. The fourth-order valence-corrected chi connectivity index (χ4v) is 2.11. The largest absolute Gasteiger partial charge is 0.383 e. The molecule has 0 aliphatic rings. The van der Waals surface area contributed by atoms with Gasteiger partial charge in [0.25, 0.3) is 0 Å². The molecule has 2 N–H and O–H groups in total. The summed E-state index contributed by atoms with van der Waals surface area (Å²) in [6, 6.07) is 4.65. The summed E-state index contributed by atoms with van der Waals surface area (Å²) in [5.41, 5.74) is 6.64. The number of nitrogens with zero attached hydrogens (tertiary/aromatic N) is 2. The van der Waals surface area contributed by atoms with Crippen molar-refractivity contribution in [2.75, 3.05) is 12.8 Å². The molecule has 2 rings (SSSR count). The van der Waals surface area contributed by atoms with E-state index in [9.17, 15) is 4.39 Å². The van der Waals surface area contributed by atoms with Crippen molar-refractivity contribution in [3.05, 3.63) is 38.3 Å². The zero-order valence-electron chi connectivity index (χ0n) is 9.95. The Morgan fingerprint density at radius 3 is 2.84 bits per heavy atom. The van der Waals surface area contributed by atoms with E-state index in [1.54, 1.807) is 19.2 Å². The van der Waals surface area contributed by atoms with Crippen molar-refractivity contribution in [1.82, 2.24) is 9.97 Å². The average Bonchev–Trinajstić information content (AvgIpc) is 2.38. The minimum absolute atomic E-state index is 0.0199. The Balaban J connectivity index is 2.59. The van der Waals surface area contributed by atoms with Crippen LogP contribution in [0.4, 0.5) is 10.2 Å². The van der Waals surface area contributed by atoms with Gasteiger partial charge in [0.05, 0.1) is 26.5 Å². The fourth-order valence-electron chi connectivity index (χ4n) is 1.54. The molecule has 0 aliphatic carbocycles. The predicted octanol–water partition coefficient (Wildman–Crippen LogP) is 3.27. The third-order valence-corrected chi connectivity index (χ3v) is 3.89. The van der Waals surface area contributed by atoms with Crippen molar-refractivity contribution in [3.63, 3.8) is 0 Å². The second-order valence-electron chi connectivity index (χ2n) is 3.73. The van der Waals surface area contributed by atoms with Gasteiger partial charge in [-0.25, -0.2) is 14.4 Å². The van der Waals surface area contributed by atoms with Crippen LogP contribution in [0.1, 0.15) is 5.69 Å². The molecule has 7 heteroatoms. The molecule has 0 atom stereocenters. The second-order valence-corrected chi connectivity index (χ2v) is 5.21. The molecule has 1 heterocycles. The maximum Gasteiger partial charge on any atom is 0.164 e. The number of nitrogens with two attached hydrogens (primary N) is 1. The van der Waals surface area contributed by atoms with E-state index >= 15 is 0 Å². The first-order chi connectivity index (χ1) is 9.04. The molecular formula is C12H10ClFIN3O. The standard InChI is InChI=1S/C12H10ClFIN3O/c1-19-5-8-10(15)11(16)18-12(17-8)6-3-2-4-7(13)9(6)14/h2-4H,5H2,1H3,(H2,16,17,18). The summed E-state index contributed by atoms with van der Waals surface area (Å²) in [5.74, 6) is -0.0740. The molecule has 4 nitrogen and oxygen atoms in total. The van der Waals surface area contributed by atoms with Gasteiger partial charge in [-0.1, -0.05) is 17.7 Å². The van der Waals surface area contributed by atoms with Crippen LogP contribution >= 0.6 is 34.2 Å². The normalized spacial score (nSPS) is 10.7. The summed E-state index contributed by atoms with van der Waals surface area (Å²) >= 11 is 7.78. The van der Waals surface area contributed by atoms with Crippen LogP contribution in [0.15, 0.2) is 18.2 Å². The number of nitrogen functional groups attached to an aromatic ring is 1. The van der Waals surface area contributed by atoms with Gasteiger partial charge in [0.15, 0.2) is 11.6 Å². The van der Waals surface area contributed by atoms with Gasteiger partial charge in [-0.2, -0.15) is 0 Å². The van der Waals surface area contributed by atoms with Crippen molar-refractivity contribution in [2.45, 2.75) is 6.61 Å². The van der Waals surface area contributed by atoms with E-state index in [0.29, 0.717) is 9.26 Å². The Morgan fingerprint density at radius 1 is 1.42 bits per heavy atom. The van der Waals surface area contributed by atoms with Gasteiger partial charge in [0, 0.05) is 7.11 Å². The van der Waals surface area contributed by atoms with Crippen LogP contribution in [0.25, 0.3) is 11.4 Å². The minimum atomic E-state index is -0.562. The zero-order chi connectivity index (χ0) is 14.0. The van der Waals surface area contributed by atoms with Gasteiger partial charge < -0.3 is 10.5 Å². The van der Waals surface area contributed by atoms with E-state index in [2.05, 4.69) is 9.97 Å². The van der Waals surface area contributed by atoms with Crippen LogP contribution in [0, 0.1) is 9.39 Å². The number of benzene rings is 1. The predicted molar refractivity (Wildman–Crippen MR) is 80.3 cm³/mol. The number of anilines is 1. The lowest BCUT2D eigenvalue weighted by molar-refractivity contribution is 0.181. The maximum absolute atomic E-state index is 14.0. The molecule has 0 radical (unpaired) electrons. The van der Waals surface area contributed by atoms with Gasteiger partial charge in [-0.3, -0.25) is 0 Å². The van der Waals surface area contributed by atoms with E-state index in [-0.39, 0.29) is 28.8 Å². The smallest absolute Gasteiger partial charge is 0.164 e. The highest BCUT2D eigenvalue weighted by Gasteiger charge is 2.15.